The summed E-state index contributed by atoms with van der Waals surface area (Å²) in [4.78, 5) is 2.77. The van der Waals surface area contributed by atoms with Gasteiger partial charge >= 0.3 is 0 Å². The minimum Gasteiger partial charge on any atom is -0.476 e. The molecule has 5 rings (SSSR count). The molecule has 0 aromatic carbocycles. The van der Waals surface area contributed by atoms with Crippen molar-refractivity contribution in [2.75, 3.05) is 26.2 Å². The van der Waals surface area contributed by atoms with E-state index in [1.54, 1.807) is 0 Å². The van der Waals surface area contributed by atoms with Gasteiger partial charge in [-0.25, -0.2) is 0 Å². The van der Waals surface area contributed by atoms with Crippen LogP contribution in [0.1, 0.15) is 50.6 Å². The van der Waals surface area contributed by atoms with Gasteiger partial charge in [0, 0.05) is 44.5 Å². The van der Waals surface area contributed by atoms with Crippen LogP contribution in [0.2, 0.25) is 0 Å². The van der Waals surface area contributed by atoms with Gasteiger partial charge in [-0.2, -0.15) is 5.10 Å². The largest absolute Gasteiger partial charge is 0.476 e. The fourth-order valence-electron chi connectivity index (χ4n) is 6.14. The topological polar surface area (TPSA) is 56.1 Å². The summed E-state index contributed by atoms with van der Waals surface area (Å²) in [7, 11) is 1.92. The monoisotopic (exact) mass is 409 g/mol. The fraction of sp³-hybridized carbons (Fsp3) is 0.708. The van der Waals surface area contributed by atoms with Crippen LogP contribution >= 0.6 is 0 Å². The first-order chi connectivity index (χ1) is 14.6. The summed E-state index contributed by atoms with van der Waals surface area (Å²) >= 11 is 0. The molecule has 1 saturated heterocycles. The molecule has 2 aromatic heterocycles. The lowest BCUT2D eigenvalue weighted by Gasteiger charge is -2.27. The van der Waals surface area contributed by atoms with Crippen molar-refractivity contribution in [3.63, 3.8) is 0 Å². The first kappa shape index (κ1) is 20.0. The molecule has 2 aromatic rings. The van der Waals surface area contributed by atoms with E-state index in [0.717, 1.165) is 41.3 Å². The highest BCUT2D eigenvalue weighted by atomic mass is 16.5. The number of likely N-dealkylation sites (tertiary alicyclic amines) is 1. The minimum absolute atomic E-state index is 0.635. The molecule has 3 aliphatic rings. The van der Waals surface area contributed by atoms with Crippen molar-refractivity contribution in [3.05, 3.63) is 24.0 Å². The SMILES string of the molecule is Cc1nn(C)cc1-c1ccc(OCC2CC3CN(CC4CCCCC4)CC3C2)nn1. The summed E-state index contributed by atoms with van der Waals surface area (Å²) in [6, 6.07) is 3.93. The Morgan fingerprint density at radius 2 is 1.77 bits per heavy atom. The fourth-order valence-corrected chi connectivity index (χ4v) is 6.14. The van der Waals surface area contributed by atoms with Gasteiger partial charge in [-0.1, -0.05) is 19.3 Å². The van der Waals surface area contributed by atoms with Crippen LogP contribution in [-0.4, -0.2) is 51.1 Å². The molecule has 0 N–H and O–H groups in total. The summed E-state index contributed by atoms with van der Waals surface area (Å²) in [5, 5.41) is 13.0. The molecule has 2 saturated carbocycles. The summed E-state index contributed by atoms with van der Waals surface area (Å²) < 4.78 is 7.83. The molecule has 6 nitrogen and oxygen atoms in total. The Morgan fingerprint density at radius 3 is 2.40 bits per heavy atom. The lowest BCUT2D eigenvalue weighted by Crippen LogP contribution is -2.30. The summed E-state index contributed by atoms with van der Waals surface area (Å²) in [5.74, 6) is 4.03. The second-order valence-electron chi connectivity index (χ2n) is 9.95. The average molecular weight is 410 g/mol. The number of nitrogens with zero attached hydrogens (tertiary/aromatic N) is 5. The van der Waals surface area contributed by atoms with E-state index in [1.807, 2.05) is 37.0 Å². The van der Waals surface area contributed by atoms with E-state index in [4.69, 9.17) is 4.74 Å². The first-order valence-corrected chi connectivity index (χ1v) is 11.8. The molecular weight excluding hydrogens is 374 g/mol. The summed E-state index contributed by atoms with van der Waals surface area (Å²) in [5.41, 5.74) is 2.84. The van der Waals surface area contributed by atoms with Gasteiger partial charge in [0.25, 0.3) is 0 Å². The van der Waals surface area contributed by atoms with Crippen molar-refractivity contribution >= 4 is 0 Å². The van der Waals surface area contributed by atoms with Crippen LogP contribution in [0, 0.1) is 30.6 Å². The Balaban J connectivity index is 1.08. The number of fused-ring (bicyclic) bond motifs is 1. The lowest BCUT2D eigenvalue weighted by atomic mass is 9.89. The molecule has 0 radical (unpaired) electrons. The third-order valence-electron chi connectivity index (χ3n) is 7.56. The Labute approximate surface area is 180 Å². The van der Waals surface area contributed by atoms with Gasteiger partial charge in [0.2, 0.25) is 5.88 Å². The molecule has 1 aliphatic heterocycles. The summed E-state index contributed by atoms with van der Waals surface area (Å²) in [6.45, 7) is 6.75. The zero-order valence-corrected chi connectivity index (χ0v) is 18.5. The van der Waals surface area contributed by atoms with Gasteiger partial charge in [-0.15, -0.1) is 10.2 Å². The van der Waals surface area contributed by atoms with E-state index in [0.29, 0.717) is 11.8 Å². The normalized spacial score (nSPS) is 27.5. The maximum absolute atomic E-state index is 6.02. The molecule has 162 valence electrons. The third kappa shape index (κ3) is 4.39. The third-order valence-corrected chi connectivity index (χ3v) is 7.56. The van der Waals surface area contributed by atoms with Crippen LogP contribution in [0.4, 0.5) is 0 Å². The second kappa shape index (κ2) is 8.66. The lowest BCUT2D eigenvalue weighted by molar-refractivity contribution is 0.199. The quantitative estimate of drug-likeness (QED) is 0.719. The van der Waals surface area contributed by atoms with Gasteiger partial charge in [0.05, 0.1) is 18.0 Å². The van der Waals surface area contributed by atoms with E-state index < -0.39 is 0 Å². The molecule has 2 unspecified atom stereocenters. The van der Waals surface area contributed by atoms with Gasteiger partial charge < -0.3 is 9.64 Å². The van der Waals surface area contributed by atoms with E-state index in [2.05, 4.69) is 20.2 Å². The Bertz CT molecular complexity index is 828. The average Bonchev–Trinajstić information content (AvgIpc) is 3.40. The molecule has 0 bridgehead atoms. The van der Waals surface area contributed by atoms with Gasteiger partial charge in [-0.3, -0.25) is 4.68 Å². The Hall–Kier alpha value is -1.95. The molecule has 2 aliphatic carbocycles. The van der Waals surface area contributed by atoms with E-state index >= 15 is 0 Å². The molecule has 6 heteroatoms. The summed E-state index contributed by atoms with van der Waals surface area (Å²) in [6.07, 6.45) is 11.9. The maximum Gasteiger partial charge on any atom is 0.233 e. The zero-order valence-electron chi connectivity index (χ0n) is 18.5. The van der Waals surface area contributed by atoms with Crippen LogP contribution in [0.3, 0.4) is 0 Å². The first-order valence-electron chi connectivity index (χ1n) is 11.8. The highest BCUT2D eigenvalue weighted by molar-refractivity contribution is 5.60. The van der Waals surface area contributed by atoms with Crippen molar-refractivity contribution in [1.82, 2.24) is 24.9 Å². The molecule has 2 atom stereocenters. The number of ether oxygens (including phenoxy) is 1. The number of aryl methyl sites for hydroxylation is 2. The molecule has 0 amide bonds. The molecule has 0 spiro atoms. The highest BCUT2D eigenvalue weighted by Crippen LogP contribution is 2.42. The smallest absolute Gasteiger partial charge is 0.233 e. The predicted octanol–water partition coefficient (Wildman–Crippen LogP) is 4.10. The van der Waals surface area contributed by atoms with Gasteiger partial charge in [-0.05, 0) is 62.3 Å². The number of hydrogen-bond acceptors (Lipinski definition) is 5. The van der Waals surface area contributed by atoms with Crippen LogP contribution in [-0.2, 0) is 7.05 Å². The highest BCUT2D eigenvalue weighted by Gasteiger charge is 2.41. The van der Waals surface area contributed by atoms with Gasteiger partial charge in [0.1, 0.15) is 0 Å². The van der Waals surface area contributed by atoms with Crippen molar-refractivity contribution in [1.29, 1.82) is 0 Å². The zero-order chi connectivity index (χ0) is 20.5. The van der Waals surface area contributed by atoms with Crippen molar-refractivity contribution < 1.29 is 4.74 Å². The number of aromatic nitrogens is 4. The Morgan fingerprint density at radius 1 is 1.00 bits per heavy atom. The van der Waals surface area contributed by atoms with E-state index in [1.165, 1.54) is 64.6 Å². The van der Waals surface area contributed by atoms with Crippen molar-refractivity contribution in [3.8, 4) is 17.1 Å². The molecule has 30 heavy (non-hydrogen) atoms. The van der Waals surface area contributed by atoms with Crippen LogP contribution in [0.15, 0.2) is 18.3 Å². The van der Waals surface area contributed by atoms with Crippen molar-refractivity contribution in [2.45, 2.75) is 51.9 Å². The minimum atomic E-state index is 0.635. The predicted molar refractivity (Wildman–Crippen MR) is 117 cm³/mol. The molecular formula is C24H35N5O. The van der Waals surface area contributed by atoms with Crippen LogP contribution in [0.25, 0.3) is 11.3 Å². The van der Waals surface area contributed by atoms with E-state index in [9.17, 15) is 0 Å². The van der Waals surface area contributed by atoms with Crippen molar-refractivity contribution in [2.24, 2.45) is 30.7 Å². The number of rotatable bonds is 6. The van der Waals surface area contributed by atoms with Gasteiger partial charge in [0.15, 0.2) is 0 Å². The molecule has 3 fully saturated rings. The van der Waals surface area contributed by atoms with E-state index in [-0.39, 0.29) is 0 Å². The second-order valence-corrected chi connectivity index (χ2v) is 9.95. The Kier molecular flexibility index (Phi) is 5.77. The van der Waals surface area contributed by atoms with Crippen LogP contribution < -0.4 is 4.74 Å². The molecule has 3 heterocycles. The standard InChI is InChI=1S/C24H35N5O/c1-17-22(15-28(2)27-17)23-8-9-24(26-25-23)30-16-19-10-20-13-29(14-21(20)11-19)12-18-6-4-3-5-7-18/h8-9,15,18-21H,3-7,10-14,16H2,1-2H3. The van der Waals surface area contributed by atoms with Crippen LogP contribution in [0.5, 0.6) is 5.88 Å². The number of hydrogen-bond donors (Lipinski definition) is 0. The maximum atomic E-state index is 6.02.